The highest BCUT2D eigenvalue weighted by Gasteiger charge is 2.76. The second-order valence-corrected chi connectivity index (χ2v) is 15.7. The summed E-state index contributed by atoms with van der Waals surface area (Å²) in [5, 5.41) is 13.1. The summed E-state index contributed by atoms with van der Waals surface area (Å²) >= 11 is 0. The van der Waals surface area contributed by atoms with E-state index in [9.17, 15) is 24.3 Å². The number of rotatable bonds is 10. The third-order valence-corrected chi connectivity index (χ3v) is 12.8. The molecule has 11 heteroatoms. The fraction of sp³-hybridized carbons (Fsp3) is 0.659. The molecule has 0 amide bonds. The smallest absolute Gasteiger partial charge is 0.303 e. The number of carbonyl (C=O) groups is 4. The molecule has 0 radical (unpaired) electrons. The van der Waals surface area contributed by atoms with Crippen molar-refractivity contribution in [2.45, 2.75) is 118 Å². The van der Waals surface area contributed by atoms with E-state index in [1.165, 1.54) is 27.7 Å². The van der Waals surface area contributed by atoms with Crippen LogP contribution in [0.1, 0.15) is 87.1 Å². The van der Waals surface area contributed by atoms with Crippen LogP contribution in [0.3, 0.4) is 0 Å². The van der Waals surface area contributed by atoms with E-state index in [-0.39, 0.29) is 13.2 Å². The molecule has 4 aliphatic rings. The van der Waals surface area contributed by atoms with Crippen molar-refractivity contribution in [2.75, 3.05) is 19.8 Å². The first kappa shape index (κ1) is 39.5. The first-order valence-corrected chi connectivity index (χ1v) is 18.5. The standard InChI is InChI=1S/C41H56O11/c1-10-48-31-15-12-11-14-30(31)17-20-41(46)24(2)22-34(50-27(5)43)39(9)33(41)18-19-38(8)32-16-13-21-47-23-40(32,25(3)49-26(4)42)37(52-29(7)45)35(36(38)39)51-28(6)44/h11-16,22,25,32-37,46H,10,17-21,23H2,1-9H3/t25?,32?,33?,34-,35+,36?,37+,38+,39-,40-,41+/m1/s1. The van der Waals surface area contributed by atoms with Crippen LogP contribution < -0.4 is 4.74 Å². The van der Waals surface area contributed by atoms with Gasteiger partial charge in [-0.25, -0.2) is 0 Å². The molecule has 0 bridgehead atoms. The third-order valence-electron chi connectivity index (χ3n) is 12.8. The normalized spacial score (nSPS) is 37.1. The van der Waals surface area contributed by atoms with Gasteiger partial charge in [0.25, 0.3) is 0 Å². The summed E-state index contributed by atoms with van der Waals surface area (Å²) in [7, 11) is 0. The number of fused-ring (bicyclic) bond motifs is 5. The van der Waals surface area contributed by atoms with E-state index in [4.69, 9.17) is 28.4 Å². The van der Waals surface area contributed by atoms with E-state index in [0.29, 0.717) is 37.9 Å². The van der Waals surface area contributed by atoms with Crippen LogP contribution in [0.25, 0.3) is 0 Å². The number of hydrogen-bond donors (Lipinski definition) is 1. The maximum absolute atomic E-state index is 13.2. The van der Waals surface area contributed by atoms with Crippen LogP contribution in [-0.4, -0.2) is 78.8 Å². The van der Waals surface area contributed by atoms with Crippen molar-refractivity contribution in [1.29, 1.82) is 0 Å². The number of esters is 4. The Bertz CT molecular complexity index is 1600. The van der Waals surface area contributed by atoms with Gasteiger partial charge in [-0.15, -0.1) is 0 Å². The number of aliphatic hydroxyl groups is 1. The van der Waals surface area contributed by atoms with Crippen LogP contribution >= 0.6 is 0 Å². The number of ether oxygens (including phenoxy) is 6. The molecule has 1 aliphatic heterocycles. The van der Waals surface area contributed by atoms with Crippen molar-refractivity contribution in [3.63, 3.8) is 0 Å². The lowest BCUT2D eigenvalue weighted by Crippen LogP contribution is -2.76. The Morgan fingerprint density at radius 3 is 2.29 bits per heavy atom. The van der Waals surface area contributed by atoms with Crippen molar-refractivity contribution in [2.24, 2.45) is 34.0 Å². The number of aryl methyl sites for hydroxylation is 1. The zero-order chi connectivity index (χ0) is 38.2. The van der Waals surface area contributed by atoms with Gasteiger partial charge in [0.1, 0.15) is 24.1 Å². The van der Waals surface area contributed by atoms with Crippen molar-refractivity contribution in [3.8, 4) is 5.75 Å². The molecule has 11 atom stereocenters. The molecule has 11 nitrogen and oxygen atoms in total. The van der Waals surface area contributed by atoms with Gasteiger partial charge in [0.15, 0.2) is 6.10 Å². The third kappa shape index (κ3) is 6.68. The highest BCUT2D eigenvalue weighted by atomic mass is 16.6. The molecule has 1 heterocycles. The maximum atomic E-state index is 13.2. The molecule has 2 saturated carbocycles. The van der Waals surface area contributed by atoms with Gasteiger partial charge in [-0.05, 0) is 81.1 Å². The molecule has 2 fully saturated rings. The Morgan fingerprint density at radius 2 is 1.65 bits per heavy atom. The molecule has 1 N–H and O–H groups in total. The molecule has 0 spiro atoms. The van der Waals surface area contributed by atoms with Gasteiger partial charge in [0, 0.05) is 44.9 Å². The lowest BCUT2D eigenvalue weighted by molar-refractivity contribution is -0.304. The predicted molar refractivity (Wildman–Crippen MR) is 191 cm³/mol. The Hall–Kier alpha value is -3.70. The van der Waals surface area contributed by atoms with Gasteiger partial charge in [-0.2, -0.15) is 0 Å². The first-order valence-electron chi connectivity index (χ1n) is 18.5. The molecule has 4 unspecified atom stereocenters. The van der Waals surface area contributed by atoms with Crippen molar-refractivity contribution in [1.82, 2.24) is 0 Å². The molecule has 0 aromatic heterocycles. The highest BCUT2D eigenvalue weighted by molar-refractivity contribution is 5.68. The molecular weight excluding hydrogens is 668 g/mol. The Balaban J connectivity index is 1.75. The van der Waals surface area contributed by atoms with E-state index in [1.54, 1.807) is 6.92 Å². The summed E-state index contributed by atoms with van der Waals surface area (Å²) in [6.45, 7) is 15.8. The molecule has 1 aromatic carbocycles. The second kappa shape index (κ2) is 15.0. The first-order chi connectivity index (χ1) is 24.5. The molecule has 5 rings (SSSR count). The monoisotopic (exact) mass is 724 g/mol. The summed E-state index contributed by atoms with van der Waals surface area (Å²) in [6, 6.07) is 7.80. The van der Waals surface area contributed by atoms with E-state index in [1.807, 2.05) is 57.2 Å². The lowest BCUT2D eigenvalue weighted by Gasteiger charge is -2.71. The van der Waals surface area contributed by atoms with E-state index in [2.05, 4.69) is 13.0 Å². The Labute approximate surface area is 307 Å². The molecule has 3 aliphatic carbocycles. The fourth-order valence-electron chi connectivity index (χ4n) is 10.9. The minimum atomic E-state index is -1.36. The zero-order valence-corrected chi connectivity index (χ0v) is 32.1. The zero-order valence-electron chi connectivity index (χ0n) is 32.1. The van der Waals surface area contributed by atoms with Gasteiger partial charge in [0.05, 0.1) is 30.8 Å². The topological polar surface area (TPSA) is 144 Å². The second-order valence-electron chi connectivity index (χ2n) is 15.7. The lowest BCUT2D eigenvalue weighted by atomic mass is 9.35. The number of hydrogen-bond acceptors (Lipinski definition) is 11. The summed E-state index contributed by atoms with van der Waals surface area (Å²) in [6.07, 6.45) is 3.91. The molecule has 286 valence electrons. The van der Waals surface area contributed by atoms with Gasteiger partial charge in [0.2, 0.25) is 0 Å². The highest BCUT2D eigenvalue weighted by Crippen LogP contribution is 2.72. The van der Waals surface area contributed by atoms with E-state index in [0.717, 1.165) is 11.3 Å². The van der Waals surface area contributed by atoms with E-state index < -0.39 is 87.9 Å². The Kier molecular flexibility index (Phi) is 11.4. The minimum Gasteiger partial charge on any atom is -0.494 e. The summed E-state index contributed by atoms with van der Waals surface area (Å²) < 4.78 is 36.8. The Morgan fingerprint density at radius 1 is 0.981 bits per heavy atom. The van der Waals surface area contributed by atoms with Gasteiger partial charge < -0.3 is 33.5 Å². The van der Waals surface area contributed by atoms with Crippen molar-refractivity contribution >= 4 is 23.9 Å². The quantitative estimate of drug-likeness (QED) is 0.180. The predicted octanol–water partition coefficient (Wildman–Crippen LogP) is 5.70. The summed E-state index contributed by atoms with van der Waals surface area (Å²) in [5.74, 6) is -2.98. The minimum absolute atomic E-state index is 0.0485. The van der Waals surface area contributed by atoms with Crippen LogP contribution in [0.2, 0.25) is 0 Å². The van der Waals surface area contributed by atoms with Crippen molar-refractivity contribution < 1.29 is 52.7 Å². The van der Waals surface area contributed by atoms with Crippen LogP contribution in [0.15, 0.2) is 48.1 Å². The number of carbonyl (C=O) groups excluding carboxylic acids is 4. The largest absolute Gasteiger partial charge is 0.494 e. The molecule has 52 heavy (non-hydrogen) atoms. The maximum Gasteiger partial charge on any atom is 0.303 e. The van der Waals surface area contributed by atoms with Crippen LogP contribution in [-0.2, 0) is 49.3 Å². The average Bonchev–Trinajstić information content (AvgIpc) is 3.29. The summed E-state index contributed by atoms with van der Waals surface area (Å²) in [5.41, 5.74) is -2.66. The van der Waals surface area contributed by atoms with Crippen LogP contribution in [0.5, 0.6) is 5.75 Å². The average molecular weight is 725 g/mol. The number of allylic oxidation sites excluding steroid dienone is 1. The summed E-state index contributed by atoms with van der Waals surface area (Å²) in [4.78, 5) is 51.7. The molecule has 0 saturated heterocycles. The van der Waals surface area contributed by atoms with Gasteiger partial charge in [-0.3, -0.25) is 19.2 Å². The van der Waals surface area contributed by atoms with Crippen molar-refractivity contribution in [3.05, 3.63) is 53.6 Å². The SMILES string of the molecule is CCOc1ccccc1CC[C@]1(O)C(C)=C[C@@H](OC(C)=O)[C@]2(C)C3[C@H](OC(C)=O)[C@H](OC(C)=O)[C@@]4(C(C)OC(C)=O)COCC=CC4[C@]3(C)CCC21. The molecule has 1 aromatic rings. The van der Waals surface area contributed by atoms with E-state index >= 15 is 0 Å². The van der Waals surface area contributed by atoms with Gasteiger partial charge >= 0.3 is 23.9 Å². The number of benzene rings is 1. The molecular formula is C41H56O11. The van der Waals surface area contributed by atoms with Crippen LogP contribution in [0, 0.1) is 34.0 Å². The van der Waals surface area contributed by atoms with Gasteiger partial charge in [-0.1, -0.05) is 44.2 Å². The van der Waals surface area contributed by atoms with Crippen LogP contribution in [0.4, 0.5) is 0 Å². The number of para-hydroxylation sites is 1. The fourth-order valence-corrected chi connectivity index (χ4v) is 10.9.